The zero-order valence-electron chi connectivity index (χ0n) is 28.1. The molecule has 0 radical (unpaired) electrons. The Morgan fingerprint density at radius 2 is 0.961 bits per heavy atom. The smallest absolute Gasteiger partial charge is 0.309 e. The van der Waals surface area contributed by atoms with E-state index in [2.05, 4.69) is 181 Å². The molecule has 4 nitrogen and oxygen atoms in total. The fourth-order valence-corrected chi connectivity index (χ4v) is 7.90. The number of hydrogen-bond donors (Lipinski definition) is 0. The van der Waals surface area contributed by atoms with E-state index in [1.807, 2.05) is 12.1 Å². The topological polar surface area (TPSA) is 30.7 Å². The molecule has 4 heteroatoms. The lowest BCUT2D eigenvalue weighted by Gasteiger charge is -2.28. The Balaban J connectivity index is 1.18. The second-order valence-corrected chi connectivity index (χ2v) is 13.3. The standard InChI is InChI=1S/C47H33N4/c1-51(47-48-41(32-15-5-2-6-16-32)31-42(49-47)33-17-7-3-8-18-33)45-24-14-12-22-38(45)39-27-25-35(30-46(39)51)34-26-28-44-40(29-34)37-21-11-13-23-43(37)50(44)36-19-9-4-10-20-36/h2-31H,1H3/q+1. The van der Waals surface area contributed by atoms with Crippen LogP contribution in [0.15, 0.2) is 182 Å². The van der Waals surface area contributed by atoms with E-state index in [1.165, 1.54) is 38.5 Å². The van der Waals surface area contributed by atoms with Crippen LogP contribution in [0.1, 0.15) is 0 Å². The molecule has 1 unspecified atom stereocenters. The summed E-state index contributed by atoms with van der Waals surface area (Å²) in [6, 6.07) is 64.7. The normalized spacial score (nSPS) is 14.8. The Kier molecular flexibility index (Phi) is 6.60. The van der Waals surface area contributed by atoms with E-state index < -0.39 is 0 Å². The minimum Gasteiger partial charge on any atom is -0.309 e. The minimum atomic E-state index is 0.357. The highest BCUT2D eigenvalue weighted by Crippen LogP contribution is 2.56. The third-order valence-corrected chi connectivity index (χ3v) is 10.4. The summed E-state index contributed by atoms with van der Waals surface area (Å²) in [6.07, 6.45) is 0. The molecule has 3 heterocycles. The molecule has 2 aromatic heterocycles. The average Bonchev–Trinajstić information content (AvgIpc) is 3.68. The number of aromatic nitrogens is 3. The van der Waals surface area contributed by atoms with E-state index in [1.54, 1.807) is 0 Å². The number of quaternary nitrogens is 1. The maximum absolute atomic E-state index is 5.35. The summed E-state index contributed by atoms with van der Waals surface area (Å²) < 4.78 is 2.72. The summed E-state index contributed by atoms with van der Waals surface area (Å²) in [5.41, 5.74) is 14.6. The van der Waals surface area contributed by atoms with Gasteiger partial charge in [-0.05, 0) is 59.7 Å². The molecule has 0 spiro atoms. The molecular weight excluding hydrogens is 621 g/mol. The van der Waals surface area contributed by atoms with Crippen molar-refractivity contribution in [3.63, 3.8) is 0 Å². The molecule has 10 rings (SSSR count). The zero-order valence-corrected chi connectivity index (χ0v) is 28.1. The lowest BCUT2D eigenvalue weighted by Crippen LogP contribution is -2.34. The van der Waals surface area contributed by atoms with Crippen molar-refractivity contribution in [2.24, 2.45) is 0 Å². The van der Waals surface area contributed by atoms with E-state index in [0.717, 1.165) is 51.1 Å². The lowest BCUT2D eigenvalue weighted by molar-refractivity contribution is 0.603. The summed E-state index contributed by atoms with van der Waals surface area (Å²) in [5.74, 6) is 0.736. The first-order valence-electron chi connectivity index (χ1n) is 17.4. The fraction of sp³-hybridized carbons (Fsp3) is 0.0213. The Hall–Kier alpha value is -6.62. The van der Waals surface area contributed by atoms with Gasteiger partial charge in [0.15, 0.2) is 11.4 Å². The Bertz CT molecular complexity index is 2690. The third kappa shape index (κ3) is 4.58. The molecule has 0 saturated carbocycles. The van der Waals surface area contributed by atoms with Gasteiger partial charge in [-0.1, -0.05) is 121 Å². The van der Waals surface area contributed by atoms with Gasteiger partial charge in [-0.25, -0.2) is 0 Å². The number of para-hydroxylation sites is 3. The van der Waals surface area contributed by atoms with Crippen LogP contribution in [0.5, 0.6) is 0 Å². The number of benzene rings is 7. The van der Waals surface area contributed by atoms with Gasteiger partial charge in [0.1, 0.15) is 0 Å². The third-order valence-electron chi connectivity index (χ3n) is 10.4. The molecule has 1 aliphatic rings. The lowest BCUT2D eigenvalue weighted by atomic mass is 9.98. The quantitative estimate of drug-likeness (QED) is 0.173. The zero-order chi connectivity index (χ0) is 33.9. The molecule has 51 heavy (non-hydrogen) atoms. The van der Waals surface area contributed by atoms with Crippen molar-refractivity contribution in [1.29, 1.82) is 0 Å². The molecule has 240 valence electrons. The molecule has 0 saturated heterocycles. The predicted molar refractivity (Wildman–Crippen MR) is 212 cm³/mol. The van der Waals surface area contributed by atoms with Gasteiger partial charge in [0.2, 0.25) is 0 Å². The summed E-state index contributed by atoms with van der Waals surface area (Å²) in [6.45, 7) is 0. The first kappa shape index (κ1) is 29.3. The van der Waals surface area contributed by atoms with Crippen molar-refractivity contribution >= 4 is 39.1 Å². The Morgan fingerprint density at radius 3 is 1.69 bits per heavy atom. The van der Waals surface area contributed by atoms with Crippen molar-refractivity contribution in [1.82, 2.24) is 19.0 Å². The van der Waals surface area contributed by atoms with E-state index >= 15 is 0 Å². The molecule has 0 amide bonds. The molecule has 0 N–H and O–H groups in total. The van der Waals surface area contributed by atoms with Crippen LogP contribution in [0.4, 0.5) is 17.3 Å². The monoisotopic (exact) mass is 653 g/mol. The van der Waals surface area contributed by atoms with Gasteiger partial charge in [0, 0.05) is 50.8 Å². The fourth-order valence-electron chi connectivity index (χ4n) is 7.90. The number of rotatable bonds is 5. The second kappa shape index (κ2) is 11.5. The van der Waals surface area contributed by atoms with Gasteiger partial charge in [-0.3, -0.25) is 0 Å². The van der Waals surface area contributed by atoms with Crippen molar-refractivity contribution in [2.75, 3.05) is 7.05 Å². The largest absolute Gasteiger partial charge is 0.340 e. The molecule has 0 bridgehead atoms. The highest BCUT2D eigenvalue weighted by Gasteiger charge is 2.45. The number of fused-ring (bicyclic) bond motifs is 6. The van der Waals surface area contributed by atoms with Gasteiger partial charge >= 0.3 is 5.95 Å². The molecule has 0 fully saturated rings. The Labute approximate surface area is 296 Å². The highest BCUT2D eigenvalue weighted by molar-refractivity contribution is 6.10. The minimum absolute atomic E-state index is 0.357. The van der Waals surface area contributed by atoms with Crippen LogP contribution < -0.4 is 4.48 Å². The van der Waals surface area contributed by atoms with E-state index in [0.29, 0.717) is 4.48 Å². The SMILES string of the molecule is C[N+]1(c2nc(-c3ccccc3)cc(-c3ccccc3)n2)c2ccccc2-c2ccc(-c3ccc4c(c3)c3ccccc3n4-c3ccccc3)cc21. The molecule has 1 aliphatic heterocycles. The maximum Gasteiger partial charge on any atom is 0.340 e. The summed E-state index contributed by atoms with van der Waals surface area (Å²) in [5, 5.41) is 2.48. The van der Waals surface area contributed by atoms with Crippen LogP contribution >= 0.6 is 0 Å². The van der Waals surface area contributed by atoms with Crippen LogP contribution in [0.3, 0.4) is 0 Å². The van der Waals surface area contributed by atoms with Crippen molar-refractivity contribution < 1.29 is 0 Å². The van der Waals surface area contributed by atoms with Crippen LogP contribution in [0, 0.1) is 0 Å². The van der Waals surface area contributed by atoms with E-state index in [4.69, 9.17) is 9.97 Å². The molecular formula is C47H33N4+. The van der Waals surface area contributed by atoms with Crippen molar-refractivity contribution in [3.05, 3.63) is 182 Å². The molecule has 7 aromatic carbocycles. The van der Waals surface area contributed by atoms with Gasteiger partial charge in [0.25, 0.3) is 0 Å². The van der Waals surface area contributed by atoms with Crippen LogP contribution in [0.2, 0.25) is 0 Å². The van der Waals surface area contributed by atoms with Crippen LogP contribution in [-0.4, -0.2) is 21.6 Å². The first-order valence-corrected chi connectivity index (χ1v) is 17.4. The molecule has 9 aromatic rings. The van der Waals surface area contributed by atoms with Gasteiger partial charge in [0.05, 0.1) is 29.5 Å². The first-order chi connectivity index (χ1) is 25.2. The van der Waals surface area contributed by atoms with E-state index in [-0.39, 0.29) is 0 Å². The average molecular weight is 654 g/mol. The van der Waals surface area contributed by atoms with Crippen LogP contribution in [-0.2, 0) is 0 Å². The van der Waals surface area contributed by atoms with Gasteiger partial charge in [-0.15, -0.1) is 0 Å². The number of nitrogens with zero attached hydrogens (tertiary/aromatic N) is 4. The second-order valence-electron chi connectivity index (χ2n) is 13.3. The Morgan fingerprint density at radius 1 is 0.412 bits per heavy atom. The number of hydrogen-bond acceptors (Lipinski definition) is 2. The molecule has 1 atom stereocenters. The van der Waals surface area contributed by atoms with Crippen LogP contribution in [0.25, 0.3) is 72.3 Å². The summed E-state index contributed by atoms with van der Waals surface area (Å²) >= 11 is 0. The summed E-state index contributed by atoms with van der Waals surface area (Å²) in [4.78, 5) is 10.7. The van der Waals surface area contributed by atoms with Gasteiger partial charge in [-0.2, -0.15) is 14.5 Å². The molecule has 0 aliphatic carbocycles. The van der Waals surface area contributed by atoms with Gasteiger partial charge < -0.3 is 4.57 Å². The van der Waals surface area contributed by atoms with Crippen molar-refractivity contribution in [2.45, 2.75) is 0 Å². The summed E-state index contributed by atoms with van der Waals surface area (Å²) in [7, 11) is 2.24. The van der Waals surface area contributed by atoms with E-state index in [9.17, 15) is 0 Å². The van der Waals surface area contributed by atoms with Crippen molar-refractivity contribution in [3.8, 4) is 50.5 Å². The predicted octanol–water partition coefficient (Wildman–Crippen LogP) is 12.2. The highest BCUT2D eigenvalue weighted by atomic mass is 15.4. The maximum atomic E-state index is 5.35.